The number of thiazole rings is 1. The maximum absolute atomic E-state index is 12.4. The number of nitrogens with zero attached hydrogens (tertiary/aromatic N) is 2. The molecule has 0 bridgehead atoms. The van der Waals surface area contributed by atoms with Gasteiger partial charge in [0.25, 0.3) is 5.91 Å². The number of benzene rings is 1. The third-order valence-electron chi connectivity index (χ3n) is 4.07. The third kappa shape index (κ3) is 3.59. The second-order valence-electron chi connectivity index (χ2n) is 5.86. The largest absolute Gasteiger partial charge is 0.481 e. The Morgan fingerprint density at radius 2 is 2.09 bits per heavy atom. The number of hydrogen-bond acceptors (Lipinski definition) is 4. The van der Waals surface area contributed by atoms with Gasteiger partial charge in [-0.05, 0) is 18.9 Å². The molecule has 1 N–H and O–H groups in total. The van der Waals surface area contributed by atoms with E-state index in [0.29, 0.717) is 25.1 Å². The molecule has 1 aromatic carbocycles. The molecule has 5 nitrogen and oxygen atoms in total. The minimum Gasteiger partial charge on any atom is -0.481 e. The normalized spacial score (nSPS) is 17.4. The summed E-state index contributed by atoms with van der Waals surface area (Å²) < 4.78 is 0. The predicted molar refractivity (Wildman–Crippen MR) is 87.7 cm³/mol. The van der Waals surface area contributed by atoms with Gasteiger partial charge in [-0.15, -0.1) is 11.3 Å². The highest BCUT2D eigenvalue weighted by atomic mass is 32.1. The molecular weight excluding hydrogens is 312 g/mol. The topological polar surface area (TPSA) is 70.5 Å². The van der Waals surface area contributed by atoms with Crippen LogP contribution in [0.4, 0.5) is 0 Å². The Balaban J connectivity index is 1.66. The maximum Gasteiger partial charge on any atom is 0.308 e. The van der Waals surface area contributed by atoms with Gasteiger partial charge in [-0.2, -0.15) is 0 Å². The van der Waals surface area contributed by atoms with Gasteiger partial charge >= 0.3 is 5.97 Å². The van der Waals surface area contributed by atoms with Gasteiger partial charge in [0.05, 0.1) is 10.9 Å². The molecule has 1 fully saturated rings. The molecule has 0 saturated carbocycles. The lowest BCUT2D eigenvalue weighted by atomic mass is 10.1. The van der Waals surface area contributed by atoms with Gasteiger partial charge in [0, 0.05) is 24.9 Å². The van der Waals surface area contributed by atoms with Crippen LogP contribution >= 0.6 is 11.3 Å². The fourth-order valence-electron chi connectivity index (χ4n) is 2.68. The number of carbonyl (C=O) groups excluding carboxylic acids is 1. The number of hydrogen-bond donors (Lipinski definition) is 1. The van der Waals surface area contributed by atoms with Gasteiger partial charge in [0.15, 0.2) is 0 Å². The zero-order valence-electron chi connectivity index (χ0n) is 12.9. The number of aliphatic carboxylic acids is 1. The third-order valence-corrected chi connectivity index (χ3v) is 4.92. The second kappa shape index (κ2) is 6.50. The van der Waals surface area contributed by atoms with Crippen LogP contribution in [0.5, 0.6) is 0 Å². The molecule has 1 amide bonds. The van der Waals surface area contributed by atoms with Gasteiger partial charge in [0.1, 0.15) is 5.69 Å². The van der Waals surface area contributed by atoms with Crippen molar-refractivity contribution in [2.24, 2.45) is 5.92 Å². The Morgan fingerprint density at radius 3 is 2.74 bits per heavy atom. The summed E-state index contributed by atoms with van der Waals surface area (Å²) >= 11 is 1.47. The minimum atomic E-state index is -0.835. The SMILES string of the molecule is Cc1ccc(Cc2nc(C(=O)N3CCC(C(=O)O)C3)cs2)cc1. The smallest absolute Gasteiger partial charge is 0.308 e. The van der Waals surface area contributed by atoms with E-state index in [-0.39, 0.29) is 12.5 Å². The van der Waals surface area contributed by atoms with E-state index < -0.39 is 11.9 Å². The molecular formula is C17H18N2O3S. The summed E-state index contributed by atoms with van der Waals surface area (Å²) in [6, 6.07) is 8.25. The van der Waals surface area contributed by atoms with E-state index in [0.717, 1.165) is 10.6 Å². The Kier molecular flexibility index (Phi) is 4.43. The Bertz CT molecular complexity index is 724. The van der Waals surface area contributed by atoms with Crippen LogP contribution in [-0.2, 0) is 11.2 Å². The van der Waals surface area contributed by atoms with Crippen molar-refractivity contribution in [3.8, 4) is 0 Å². The molecule has 120 valence electrons. The highest BCUT2D eigenvalue weighted by molar-refractivity contribution is 7.09. The zero-order chi connectivity index (χ0) is 16.4. The van der Waals surface area contributed by atoms with Crippen molar-refractivity contribution < 1.29 is 14.7 Å². The molecule has 1 aliphatic rings. The van der Waals surface area contributed by atoms with E-state index in [1.807, 2.05) is 6.92 Å². The summed E-state index contributed by atoms with van der Waals surface area (Å²) in [5.41, 5.74) is 2.80. The number of carboxylic acids is 1. The molecule has 6 heteroatoms. The highest BCUT2D eigenvalue weighted by Gasteiger charge is 2.32. The first-order valence-electron chi connectivity index (χ1n) is 7.55. The van der Waals surface area contributed by atoms with Gasteiger partial charge in [0.2, 0.25) is 0 Å². The molecule has 2 heterocycles. The first kappa shape index (κ1) is 15.7. The van der Waals surface area contributed by atoms with Crippen LogP contribution in [0, 0.1) is 12.8 Å². The quantitative estimate of drug-likeness (QED) is 0.935. The lowest BCUT2D eigenvalue weighted by Gasteiger charge is -2.13. The van der Waals surface area contributed by atoms with E-state index in [2.05, 4.69) is 29.2 Å². The highest BCUT2D eigenvalue weighted by Crippen LogP contribution is 2.21. The summed E-state index contributed by atoms with van der Waals surface area (Å²) in [6.45, 7) is 2.81. The van der Waals surface area contributed by atoms with E-state index in [9.17, 15) is 9.59 Å². The zero-order valence-corrected chi connectivity index (χ0v) is 13.7. The first-order valence-corrected chi connectivity index (χ1v) is 8.43. The van der Waals surface area contributed by atoms with Crippen molar-refractivity contribution in [3.05, 3.63) is 51.5 Å². The number of rotatable bonds is 4. The minimum absolute atomic E-state index is 0.167. The summed E-state index contributed by atoms with van der Waals surface area (Å²) in [5, 5.41) is 11.7. The molecule has 0 radical (unpaired) electrons. The number of aromatic nitrogens is 1. The van der Waals surface area contributed by atoms with Gasteiger partial charge in [-0.3, -0.25) is 9.59 Å². The molecule has 3 rings (SSSR count). The number of likely N-dealkylation sites (tertiary alicyclic amines) is 1. The van der Waals surface area contributed by atoms with E-state index >= 15 is 0 Å². The molecule has 1 unspecified atom stereocenters. The predicted octanol–water partition coefficient (Wildman–Crippen LogP) is 2.59. The number of carbonyl (C=O) groups is 2. The average Bonchev–Trinajstić information content (AvgIpc) is 3.18. The Morgan fingerprint density at radius 1 is 1.35 bits per heavy atom. The maximum atomic E-state index is 12.4. The van der Waals surface area contributed by atoms with Crippen molar-refractivity contribution in [3.63, 3.8) is 0 Å². The fourth-order valence-corrected chi connectivity index (χ4v) is 3.48. The van der Waals surface area contributed by atoms with Crippen LogP contribution in [0.25, 0.3) is 0 Å². The van der Waals surface area contributed by atoms with Gasteiger partial charge < -0.3 is 10.0 Å². The Hall–Kier alpha value is -2.21. The van der Waals surface area contributed by atoms with Crippen molar-refractivity contribution in [2.75, 3.05) is 13.1 Å². The second-order valence-corrected chi connectivity index (χ2v) is 6.81. The van der Waals surface area contributed by atoms with Crippen molar-refractivity contribution >= 4 is 23.2 Å². The molecule has 23 heavy (non-hydrogen) atoms. The summed E-state index contributed by atoms with van der Waals surface area (Å²) in [6.07, 6.45) is 1.22. The molecule has 1 aromatic heterocycles. The van der Waals surface area contributed by atoms with Gasteiger partial charge in [-0.1, -0.05) is 29.8 Å². The summed E-state index contributed by atoms with van der Waals surface area (Å²) in [5.74, 6) is -1.46. The van der Waals surface area contributed by atoms with E-state index in [1.165, 1.54) is 16.9 Å². The molecule has 0 aliphatic carbocycles. The molecule has 1 aliphatic heterocycles. The van der Waals surface area contributed by atoms with E-state index in [1.54, 1.807) is 10.3 Å². The molecule has 1 atom stereocenters. The van der Waals surface area contributed by atoms with Crippen LogP contribution in [0.3, 0.4) is 0 Å². The van der Waals surface area contributed by atoms with Crippen molar-refractivity contribution in [2.45, 2.75) is 19.8 Å². The molecule has 1 saturated heterocycles. The first-order chi connectivity index (χ1) is 11.0. The summed E-state index contributed by atoms with van der Waals surface area (Å²) in [7, 11) is 0. The standard InChI is InChI=1S/C17H18N2O3S/c1-11-2-4-12(5-3-11)8-15-18-14(10-23-15)16(20)19-7-6-13(9-19)17(21)22/h2-5,10,13H,6-9H2,1H3,(H,21,22). The fraction of sp³-hybridized carbons (Fsp3) is 0.353. The number of amides is 1. The molecule has 0 spiro atoms. The number of carboxylic acid groups (broad SMARTS) is 1. The van der Waals surface area contributed by atoms with Crippen LogP contribution in [0.2, 0.25) is 0 Å². The lowest BCUT2D eigenvalue weighted by molar-refractivity contribution is -0.141. The van der Waals surface area contributed by atoms with Crippen molar-refractivity contribution in [1.29, 1.82) is 0 Å². The lowest BCUT2D eigenvalue weighted by Crippen LogP contribution is -2.30. The van der Waals surface area contributed by atoms with Crippen LogP contribution in [-0.4, -0.2) is 40.0 Å². The average molecular weight is 330 g/mol. The summed E-state index contributed by atoms with van der Waals surface area (Å²) in [4.78, 5) is 29.4. The van der Waals surface area contributed by atoms with Crippen LogP contribution < -0.4 is 0 Å². The molecule has 2 aromatic rings. The monoisotopic (exact) mass is 330 g/mol. The van der Waals surface area contributed by atoms with Crippen LogP contribution in [0.15, 0.2) is 29.6 Å². The van der Waals surface area contributed by atoms with Crippen LogP contribution in [0.1, 0.15) is 33.0 Å². The number of aryl methyl sites for hydroxylation is 1. The van der Waals surface area contributed by atoms with Gasteiger partial charge in [-0.25, -0.2) is 4.98 Å². The van der Waals surface area contributed by atoms with Crippen molar-refractivity contribution in [1.82, 2.24) is 9.88 Å². The van der Waals surface area contributed by atoms with E-state index in [4.69, 9.17) is 5.11 Å². The Labute approximate surface area is 138 Å².